The first kappa shape index (κ1) is 12.5. The van der Waals surface area contributed by atoms with Crippen LogP contribution in [-0.2, 0) is 0 Å². The maximum absolute atomic E-state index is 10.1. The van der Waals surface area contributed by atoms with Gasteiger partial charge in [0.15, 0.2) is 0 Å². The fourth-order valence-corrected chi connectivity index (χ4v) is 2.27. The minimum absolute atomic E-state index is 0.220. The molecule has 1 atom stereocenters. The van der Waals surface area contributed by atoms with E-state index in [2.05, 4.69) is 19.1 Å². The smallest absolute Gasteiger partial charge is 0.123 e. The fraction of sp³-hybridized carbons (Fsp3) is 0.250. The first-order valence-corrected chi connectivity index (χ1v) is 6.18. The first-order chi connectivity index (χ1) is 8.76. The molecule has 2 aromatic rings. The van der Waals surface area contributed by atoms with Crippen molar-refractivity contribution in [2.24, 2.45) is 0 Å². The number of methoxy groups -OCH3 is 1. The average molecular weight is 242 g/mol. The topological polar surface area (TPSA) is 29.5 Å². The van der Waals surface area contributed by atoms with Crippen LogP contribution in [0.3, 0.4) is 0 Å². The van der Waals surface area contributed by atoms with E-state index in [1.165, 1.54) is 5.56 Å². The van der Waals surface area contributed by atoms with Crippen molar-refractivity contribution < 1.29 is 9.84 Å². The highest BCUT2D eigenvalue weighted by Gasteiger charge is 2.15. The number of phenolic OH excluding ortho intramolecular Hbond substituents is 1. The van der Waals surface area contributed by atoms with Crippen molar-refractivity contribution in [2.45, 2.75) is 19.3 Å². The lowest BCUT2D eigenvalue weighted by Crippen LogP contribution is -2.00. The number of hydrogen-bond acceptors (Lipinski definition) is 2. The highest BCUT2D eigenvalue weighted by molar-refractivity contribution is 5.45. The molecule has 94 valence electrons. The lowest BCUT2D eigenvalue weighted by molar-refractivity contribution is 0.405. The Morgan fingerprint density at radius 1 is 1.11 bits per heavy atom. The average Bonchev–Trinajstić information content (AvgIpc) is 2.42. The number of ether oxygens (including phenoxy) is 1. The molecular weight excluding hydrogens is 224 g/mol. The van der Waals surface area contributed by atoms with E-state index >= 15 is 0 Å². The lowest BCUT2D eigenvalue weighted by atomic mass is 9.88. The van der Waals surface area contributed by atoms with Gasteiger partial charge < -0.3 is 9.84 Å². The van der Waals surface area contributed by atoms with Gasteiger partial charge in [-0.3, -0.25) is 0 Å². The Morgan fingerprint density at radius 2 is 1.83 bits per heavy atom. The van der Waals surface area contributed by atoms with E-state index in [4.69, 9.17) is 4.74 Å². The fourth-order valence-electron chi connectivity index (χ4n) is 2.27. The van der Waals surface area contributed by atoms with Gasteiger partial charge in [-0.2, -0.15) is 0 Å². The normalized spacial score (nSPS) is 12.1. The van der Waals surface area contributed by atoms with Crippen molar-refractivity contribution in [3.63, 3.8) is 0 Å². The molecule has 2 aromatic carbocycles. The van der Waals surface area contributed by atoms with E-state index < -0.39 is 0 Å². The summed E-state index contributed by atoms with van der Waals surface area (Å²) in [6.07, 6.45) is 0.948. The first-order valence-electron chi connectivity index (χ1n) is 6.18. The van der Waals surface area contributed by atoms with Crippen LogP contribution in [0, 0.1) is 0 Å². The monoisotopic (exact) mass is 242 g/mol. The third kappa shape index (κ3) is 2.48. The van der Waals surface area contributed by atoms with Crippen LogP contribution in [0.25, 0.3) is 0 Å². The van der Waals surface area contributed by atoms with Crippen LogP contribution < -0.4 is 4.74 Å². The number of aromatic hydroxyl groups is 1. The lowest BCUT2D eigenvalue weighted by Gasteiger charge is -2.17. The Labute approximate surface area is 108 Å². The molecule has 0 radical (unpaired) electrons. The SMILES string of the molecule is CCC(c1ccccc1)c1ccc(OC)cc1O. The summed E-state index contributed by atoms with van der Waals surface area (Å²) in [6.45, 7) is 2.13. The van der Waals surface area contributed by atoms with E-state index in [0.717, 1.165) is 12.0 Å². The molecule has 0 saturated heterocycles. The minimum atomic E-state index is 0.220. The van der Waals surface area contributed by atoms with Gasteiger partial charge in [-0.15, -0.1) is 0 Å². The zero-order chi connectivity index (χ0) is 13.0. The third-order valence-electron chi connectivity index (χ3n) is 3.22. The van der Waals surface area contributed by atoms with Crippen LogP contribution in [0.1, 0.15) is 30.4 Å². The Hall–Kier alpha value is -1.96. The van der Waals surface area contributed by atoms with E-state index in [-0.39, 0.29) is 5.92 Å². The molecule has 0 heterocycles. The summed E-state index contributed by atoms with van der Waals surface area (Å²) in [5, 5.41) is 10.1. The summed E-state index contributed by atoms with van der Waals surface area (Å²) >= 11 is 0. The van der Waals surface area contributed by atoms with Gasteiger partial charge in [0.05, 0.1) is 7.11 Å². The molecule has 2 nitrogen and oxygen atoms in total. The molecule has 0 saturated carbocycles. The Bertz CT molecular complexity index is 506. The van der Waals surface area contributed by atoms with Crippen LogP contribution in [-0.4, -0.2) is 12.2 Å². The van der Waals surface area contributed by atoms with Crippen LogP contribution in [0.2, 0.25) is 0 Å². The second kappa shape index (κ2) is 5.58. The van der Waals surface area contributed by atoms with Gasteiger partial charge in [-0.1, -0.05) is 43.3 Å². The van der Waals surface area contributed by atoms with Crippen molar-refractivity contribution in [3.05, 3.63) is 59.7 Å². The summed E-state index contributed by atoms with van der Waals surface area (Å²) in [4.78, 5) is 0. The van der Waals surface area contributed by atoms with Crippen LogP contribution in [0.15, 0.2) is 48.5 Å². The van der Waals surface area contributed by atoms with E-state index in [0.29, 0.717) is 11.5 Å². The molecule has 0 fully saturated rings. The van der Waals surface area contributed by atoms with Crippen molar-refractivity contribution >= 4 is 0 Å². The standard InChI is InChI=1S/C16H18O2/c1-3-14(12-7-5-4-6-8-12)15-10-9-13(18-2)11-16(15)17/h4-11,14,17H,3H2,1-2H3. The molecule has 18 heavy (non-hydrogen) atoms. The van der Waals surface area contributed by atoms with Gasteiger partial charge in [0.2, 0.25) is 0 Å². The van der Waals surface area contributed by atoms with Gasteiger partial charge >= 0.3 is 0 Å². The molecule has 2 heteroatoms. The number of benzene rings is 2. The maximum atomic E-state index is 10.1. The second-order valence-electron chi connectivity index (χ2n) is 4.30. The van der Waals surface area contributed by atoms with Gasteiger partial charge in [0.1, 0.15) is 11.5 Å². The van der Waals surface area contributed by atoms with Gasteiger partial charge in [-0.25, -0.2) is 0 Å². The zero-order valence-corrected chi connectivity index (χ0v) is 10.8. The summed E-state index contributed by atoms with van der Waals surface area (Å²) in [5.41, 5.74) is 2.17. The molecule has 1 unspecified atom stereocenters. The number of phenols is 1. The van der Waals surface area contributed by atoms with Crippen molar-refractivity contribution in [2.75, 3.05) is 7.11 Å². The molecule has 0 aliphatic carbocycles. The third-order valence-corrected chi connectivity index (χ3v) is 3.22. The van der Waals surface area contributed by atoms with E-state index in [1.54, 1.807) is 13.2 Å². The number of hydrogen-bond donors (Lipinski definition) is 1. The van der Waals surface area contributed by atoms with Crippen molar-refractivity contribution in [1.82, 2.24) is 0 Å². The van der Waals surface area contributed by atoms with E-state index in [9.17, 15) is 5.11 Å². The minimum Gasteiger partial charge on any atom is -0.508 e. The van der Waals surface area contributed by atoms with Crippen molar-refractivity contribution in [1.29, 1.82) is 0 Å². The molecule has 0 aromatic heterocycles. The van der Waals surface area contributed by atoms with E-state index in [1.807, 2.05) is 30.3 Å². The molecule has 0 spiro atoms. The summed E-state index contributed by atoms with van der Waals surface area (Å²) < 4.78 is 5.11. The van der Waals surface area contributed by atoms with Crippen molar-refractivity contribution in [3.8, 4) is 11.5 Å². The Kier molecular flexibility index (Phi) is 3.88. The van der Waals surface area contributed by atoms with Gasteiger partial charge in [0, 0.05) is 17.5 Å². The highest BCUT2D eigenvalue weighted by Crippen LogP contribution is 2.35. The maximum Gasteiger partial charge on any atom is 0.123 e. The molecule has 0 amide bonds. The predicted molar refractivity (Wildman–Crippen MR) is 73.2 cm³/mol. The van der Waals surface area contributed by atoms with Crippen LogP contribution in [0.4, 0.5) is 0 Å². The molecule has 0 bridgehead atoms. The molecule has 0 aliphatic rings. The zero-order valence-electron chi connectivity index (χ0n) is 10.8. The Balaban J connectivity index is 2.39. The van der Waals surface area contributed by atoms with Crippen LogP contribution in [0.5, 0.6) is 11.5 Å². The van der Waals surface area contributed by atoms with Crippen LogP contribution >= 0.6 is 0 Å². The van der Waals surface area contributed by atoms with Gasteiger partial charge in [0.25, 0.3) is 0 Å². The number of rotatable bonds is 4. The molecule has 0 aliphatic heterocycles. The molecular formula is C16H18O2. The summed E-state index contributed by atoms with van der Waals surface area (Å²) in [7, 11) is 1.60. The Morgan fingerprint density at radius 3 is 2.39 bits per heavy atom. The second-order valence-corrected chi connectivity index (χ2v) is 4.30. The highest BCUT2D eigenvalue weighted by atomic mass is 16.5. The molecule has 2 rings (SSSR count). The summed E-state index contributed by atoms with van der Waals surface area (Å²) in [5.74, 6) is 1.20. The largest absolute Gasteiger partial charge is 0.508 e. The predicted octanol–water partition coefficient (Wildman–Crippen LogP) is 3.94. The van der Waals surface area contributed by atoms with Gasteiger partial charge in [-0.05, 0) is 18.1 Å². The summed E-state index contributed by atoms with van der Waals surface area (Å²) in [6, 6.07) is 15.7. The quantitative estimate of drug-likeness (QED) is 0.879. The molecule has 1 N–H and O–H groups in total.